The maximum Gasteiger partial charge on any atom is 4.00 e. The summed E-state index contributed by atoms with van der Waals surface area (Å²) >= 11 is 0. The van der Waals surface area contributed by atoms with E-state index in [2.05, 4.69) is 0 Å². The molecule has 0 heterocycles. The zero-order valence-electron chi connectivity index (χ0n) is 7.90. The molecule has 0 spiro atoms. The largest absolute Gasteiger partial charge is 4.00 e. The topological polar surface area (TPSA) is 253 Å². The summed E-state index contributed by atoms with van der Waals surface area (Å²) in [6.45, 7) is 0. The first-order valence-electron chi connectivity index (χ1n) is 2.45. The van der Waals surface area contributed by atoms with Gasteiger partial charge in [0.15, 0.2) is 0 Å². The van der Waals surface area contributed by atoms with Crippen LogP contribution < -0.4 is 38.4 Å². The SMILES string of the molecule is O=[Si]([O-])[O-].O=[Si]([O-])[O-].O=[Si]([O-])[O-].O=[Si]([O-])[O-].[Hf+4].[Zr+4]. The summed E-state index contributed by atoms with van der Waals surface area (Å²) in [5.41, 5.74) is 0. The molecule has 0 bridgehead atoms. The summed E-state index contributed by atoms with van der Waals surface area (Å²) in [5, 5.41) is 0. The molecule has 0 saturated heterocycles. The first kappa shape index (κ1) is 36.2. The second-order valence-corrected chi connectivity index (χ2v) is 3.00. The van der Waals surface area contributed by atoms with Gasteiger partial charge in [0.1, 0.15) is 0 Å². The van der Waals surface area contributed by atoms with Gasteiger partial charge >= 0.3 is 52.0 Å². The normalized spacial score (nSPS) is 5.33. The van der Waals surface area contributed by atoms with Gasteiger partial charge in [-0.25, -0.2) is 0 Å². The van der Waals surface area contributed by atoms with E-state index in [0.29, 0.717) is 0 Å². The second-order valence-electron chi connectivity index (χ2n) is 1.00. The van der Waals surface area contributed by atoms with E-state index in [4.69, 9.17) is 56.2 Å². The molecule has 0 aliphatic carbocycles. The summed E-state index contributed by atoms with van der Waals surface area (Å²) < 4.78 is 34.1. The molecule has 0 aliphatic heterocycles. The van der Waals surface area contributed by atoms with Crippen molar-refractivity contribution in [3.05, 3.63) is 0 Å². The van der Waals surface area contributed by atoms with E-state index >= 15 is 0 Å². The van der Waals surface area contributed by atoms with Crippen molar-refractivity contribution in [3.8, 4) is 0 Å². The van der Waals surface area contributed by atoms with Crippen molar-refractivity contribution < 1.29 is 108 Å². The molecule has 0 atom stereocenters. The Morgan fingerprint density at radius 3 is 0.444 bits per heavy atom. The van der Waals surface area contributed by atoms with Crippen LogP contribution in [0.5, 0.6) is 0 Å². The first-order chi connectivity index (χ1) is 6.93. The van der Waals surface area contributed by atoms with Crippen LogP contribution in [0.15, 0.2) is 0 Å². The van der Waals surface area contributed by atoms with Crippen LogP contribution in [0, 0.1) is 0 Å². The molecule has 0 fully saturated rings. The predicted molar refractivity (Wildman–Crippen MR) is 25.8 cm³/mol. The minimum absolute atomic E-state index is 0. The Labute approximate surface area is 144 Å². The molecule has 0 aromatic rings. The van der Waals surface area contributed by atoms with Crippen molar-refractivity contribution in [2.75, 3.05) is 0 Å². The van der Waals surface area contributed by atoms with Gasteiger partial charge in [0.2, 0.25) is 0 Å². The number of hydrogen-bond acceptors (Lipinski definition) is 12. The Balaban J connectivity index is -0.0000000257. The molecular formula is HfO12Si4Zr. The summed E-state index contributed by atoms with van der Waals surface area (Å²) in [4.78, 5) is 68.1. The summed E-state index contributed by atoms with van der Waals surface area (Å²) in [5.74, 6) is 0. The molecule has 96 valence electrons. The molecule has 0 aromatic carbocycles. The number of hydrogen-bond donors (Lipinski definition) is 0. The molecule has 0 unspecified atom stereocenters. The molecule has 0 aromatic heterocycles. The van der Waals surface area contributed by atoms with Crippen LogP contribution in [0.25, 0.3) is 0 Å². The van der Waals surface area contributed by atoms with E-state index < -0.39 is 36.7 Å². The third kappa shape index (κ3) is 77100. The van der Waals surface area contributed by atoms with Crippen molar-refractivity contribution in [2.24, 2.45) is 0 Å². The predicted octanol–water partition coefficient (Wildman–Crippen LogP) is -11.5. The maximum absolute atomic E-state index is 8.52. The quantitative estimate of drug-likeness (QED) is 0.245. The minimum Gasteiger partial charge on any atom is -0.672 e. The van der Waals surface area contributed by atoms with E-state index in [1.165, 1.54) is 0 Å². The summed E-state index contributed by atoms with van der Waals surface area (Å²) in [7, 11) is -14.5. The van der Waals surface area contributed by atoms with Crippen LogP contribution in [0.3, 0.4) is 0 Å². The maximum atomic E-state index is 8.52. The van der Waals surface area contributed by atoms with E-state index in [-0.39, 0.29) is 52.0 Å². The van der Waals surface area contributed by atoms with E-state index in [0.717, 1.165) is 0 Å². The minimum atomic E-state index is -3.63. The van der Waals surface area contributed by atoms with Gasteiger partial charge in [-0.3, -0.25) is 0 Å². The Hall–Kier alpha value is 0.221. The molecule has 12 nitrogen and oxygen atoms in total. The Morgan fingerprint density at radius 2 is 0.444 bits per heavy atom. The summed E-state index contributed by atoms with van der Waals surface area (Å²) in [6, 6.07) is 0. The Bertz CT molecular complexity index is 164. The Morgan fingerprint density at radius 1 is 0.444 bits per heavy atom. The second kappa shape index (κ2) is 30.3. The van der Waals surface area contributed by atoms with E-state index in [1.54, 1.807) is 0 Å². The zero-order valence-corrected chi connectivity index (χ0v) is 17.9. The average molecular weight is 574 g/mol. The van der Waals surface area contributed by atoms with Crippen LogP contribution in [-0.4, -0.2) is 36.7 Å². The molecule has 18 heteroatoms. The van der Waals surface area contributed by atoms with Crippen LogP contribution in [-0.2, 0) is 69.9 Å². The molecule has 18 heavy (non-hydrogen) atoms. The third-order valence-electron chi connectivity index (χ3n) is 0. The van der Waals surface area contributed by atoms with Gasteiger partial charge in [0.25, 0.3) is 0 Å². The standard InChI is InChI=1S/Hf.4O3Si.Zr/c;4*1-4(2)3;/q+4;4*-2;+4. The molecular weight excluding hydrogens is 574 g/mol. The van der Waals surface area contributed by atoms with Crippen LogP contribution >= 0.6 is 0 Å². The van der Waals surface area contributed by atoms with Crippen molar-refractivity contribution in [1.82, 2.24) is 0 Å². The van der Waals surface area contributed by atoms with Crippen molar-refractivity contribution in [3.63, 3.8) is 0 Å². The fourth-order valence-corrected chi connectivity index (χ4v) is 0. The fourth-order valence-electron chi connectivity index (χ4n) is 0. The van der Waals surface area contributed by atoms with Gasteiger partial charge in [-0.15, -0.1) is 0 Å². The molecule has 0 radical (unpaired) electrons. The van der Waals surface area contributed by atoms with Crippen molar-refractivity contribution in [1.29, 1.82) is 0 Å². The van der Waals surface area contributed by atoms with Gasteiger partial charge in [-0.2, -0.15) is 0 Å². The smallest absolute Gasteiger partial charge is 0.672 e. The van der Waals surface area contributed by atoms with Gasteiger partial charge in [-0.1, -0.05) is 0 Å². The fraction of sp³-hybridized carbons (Fsp3) is 0. The van der Waals surface area contributed by atoms with Crippen LogP contribution in [0.4, 0.5) is 0 Å². The monoisotopic (exact) mass is 574 g/mol. The first-order valence-corrected chi connectivity index (χ1v) is 7.35. The van der Waals surface area contributed by atoms with Crippen LogP contribution in [0.1, 0.15) is 0 Å². The van der Waals surface area contributed by atoms with Crippen molar-refractivity contribution in [2.45, 2.75) is 0 Å². The zero-order chi connectivity index (χ0) is 14.3. The van der Waals surface area contributed by atoms with Gasteiger partial charge < -0.3 is 56.2 Å². The number of rotatable bonds is 0. The van der Waals surface area contributed by atoms with Crippen LogP contribution in [0.2, 0.25) is 0 Å². The van der Waals surface area contributed by atoms with Gasteiger partial charge in [0, 0.05) is 36.7 Å². The van der Waals surface area contributed by atoms with E-state index in [1.807, 2.05) is 0 Å². The van der Waals surface area contributed by atoms with Gasteiger partial charge in [0.05, 0.1) is 0 Å². The Kier molecular flexibility index (Phi) is 61.0. The average Bonchev–Trinajstić information content (AvgIpc) is 1.76. The van der Waals surface area contributed by atoms with E-state index in [9.17, 15) is 0 Å². The molecule has 0 amide bonds. The molecule has 0 saturated carbocycles. The molecule has 0 aliphatic rings. The molecule has 0 rings (SSSR count). The summed E-state index contributed by atoms with van der Waals surface area (Å²) in [6.07, 6.45) is 0. The van der Waals surface area contributed by atoms with Crippen molar-refractivity contribution >= 4 is 36.7 Å². The molecule has 0 N–H and O–H groups in total. The van der Waals surface area contributed by atoms with Gasteiger partial charge in [-0.05, 0) is 0 Å². The third-order valence-corrected chi connectivity index (χ3v) is 0.